The molecule has 1 N–H and O–H groups in total. The number of benzene rings is 2. The van der Waals surface area contributed by atoms with Crippen LogP contribution in [0.15, 0.2) is 53.9 Å². The number of aromatic nitrogens is 3. The van der Waals surface area contributed by atoms with E-state index in [9.17, 15) is 4.39 Å². The summed E-state index contributed by atoms with van der Waals surface area (Å²) in [6.45, 7) is 0. The van der Waals surface area contributed by atoms with Gasteiger partial charge in [-0.05, 0) is 29.3 Å². The lowest BCUT2D eigenvalue weighted by atomic mass is 9.97. The van der Waals surface area contributed by atoms with E-state index < -0.39 is 0 Å². The predicted octanol–water partition coefficient (Wildman–Crippen LogP) is 2.73. The van der Waals surface area contributed by atoms with Gasteiger partial charge in [-0.25, -0.2) is 4.39 Å². The van der Waals surface area contributed by atoms with Crippen LogP contribution >= 0.6 is 0 Å². The Kier molecular flexibility index (Phi) is 4.97. The van der Waals surface area contributed by atoms with Crippen LogP contribution in [0.2, 0.25) is 0 Å². The van der Waals surface area contributed by atoms with Crippen molar-refractivity contribution >= 4 is 5.84 Å². The molecule has 0 unspecified atom stereocenters. The van der Waals surface area contributed by atoms with Gasteiger partial charge in [-0.1, -0.05) is 24.3 Å². The first kappa shape index (κ1) is 17.6. The molecule has 1 aromatic heterocycles. The third-order valence-electron chi connectivity index (χ3n) is 4.01. The van der Waals surface area contributed by atoms with Crippen LogP contribution in [0.5, 0.6) is 0 Å². The van der Waals surface area contributed by atoms with Crippen LogP contribution < -0.4 is 5.43 Å². The standard InChI is InChI=1S/C19H21FN6/c1-21-23-18(25(2)3)14-7-5-6-13(10-14)16-9-8-15(20)11-17(16)19-24-22-12-26(19)4/h5-12,21H,1-4H3/b23-18-. The maximum atomic E-state index is 13.9. The van der Waals surface area contributed by atoms with E-state index in [1.54, 1.807) is 24.0 Å². The molecule has 0 spiro atoms. The summed E-state index contributed by atoms with van der Waals surface area (Å²) in [4.78, 5) is 1.93. The second-order valence-electron chi connectivity index (χ2n) is 6.09. The number of hydrogen-bond donors (Lipinski definition) is 1. The van der Waals surface area contributed by atoms with Crippen LogP contribution in [-0.4, -0.2) is 46.6 Å². The van der Waals surface area contributed by atoms with Gasteiger partial charge >= 0.3 is 0 Å². The van der Waals surface area contributed by atoms with E-state index in [0.29, 0.717) is 11.4 Å². The molecule has 7 heteroatoms. The van der Waals surface area contributed by atoms with E-state index in [1.165, 1.54) is 12.1 Å². The van der Waals surface area contributed by atoms with Crippen LogP contribution in [0.3, 0.4) is 0 Å². The van der Waals surface area contributed by atoms with Crippen molar-refractivity contribution < 1.29 is 4.39 Å². The van der Waals surface area contributed by atoms with Gasteiger partial charge in [-0.2, -0.15) is 5.10 Å². The number of aryl methyl sites for hydroxylation is 1. The molecule has 0 aliphatic rings. The summed E-state index contributed by atoms with van der Waals surface area (Å²) in [7, 11) is 7.47. The molecule has 26 heavy (non-hydrogen) atoms. The summed E-state index contributed by atoms with van der Waals surface area (Å²) in [6.07, 6.45) is 1.60. The minimum atomic E-state index is -0.311. The van der Waals surface area contributed by atoms with Gasteiger partial charge in [0.05, 0.1) is 0 Å². The highest BCUT2D eigenvalue weighted by Crippen LogP contribution is 2.32. The molecule has 0 aliphatic heterocycles. The summed E-state index contributed by atoms with van der Waals surface area (Å²) in [5, 5.41) is 12.4. The maximum Gasteiger partial charge on any atom is 0.164 e. The number of hydrogen-bond acceptors (Lipinski definition) is 4. The molecular weight excluding hydrogens is 331 g/mol. The van der Waals surface area contributed by atoms with E-state index in [4.69, 9.17) is 0 Å². The zero-order valence-corrected chi connectivity index (χ0v) is 15.2. The molecular formula is C19H21FN6. The van der Waals surface area contributed by atoms with Gasteiger partial charge in [0.1, 0.15) is 12.1 Å². The normalized spacial score (nSPS) is 11.5. The van der Waals surface area contributed by atoms with Crippen molar-refractivity contribution in [2.75, 3.05) is 21.1 Å². The summed E-state index contributed by atoms with van der Waals surface area (Å²) in [5.41, 5.74) is 6.31. The van der Waals surface area contributed by atoms with Crippen LogP contribution in [0.25, 0.3) is 22.5 Å². The monoisotopic (exact) mass is 352 g/mol. The van der Waals surface area contributed by atoms with Gasteiger partial charge in [0, 0.05) is 39.3 Å². The largest absolute Gasteiger partial charge is 0.361 e. The Balaban J connectivity index is 2.15. The summed E-state index contributed by atoms with van der Waals surface area (Å²) in [6, 6.07) is 12.7. The quantitative estimate of drug-likeness (QED) is 0.446. The molecule has 3 rings (SSSR count). The van der Waals surface area contributed by atoms with E-state index in [-0.39, 0.29) is 5.82 Å². The fourth-order valence-electron chi connectivity index (χ4n) is 2.83. The summed E-state index contributed by atoms with van der Waals surface area (Å²) in [5.74, 6) is 1.10. The Bertz CT molecular complexity index is 945. The van der Waals surface area contributed by atoms with Gasteiger partial charge in [0.25, 0.3) is 0 Å². The molecule has 0 bridgehead atoms. The second-order valence-corrected chi connectivity index (χ2v) is 6.09. The van der Waals surface area contributed by atoms with E-state index in [1.807, 2.05) is 50.3 Å². The van der Waals surface area contributed by atoms with Gasteiger partial charge in [0.15, 0.2) is 11.7 Å². The van der Waals surface area contributed by atoms with E-state index in [0.717, 1.165) is 22.5 Å². The molecule has 0 saturated heterocycles. The molecule has 134 valence electrons. The molecule has 1 heterocycles. The maximum absolute atomic E-state index is 13.9. The first-order valence-corrected chi connectivity index (χ1v) is 8.17. The third-order valence-corrected chi connectivity index (χ3v) is 4.01. The fraction of sp³-hybridized carbons (Fsp3) is 0.211. The molecule has 2 aromatic carbocycles. The molecule has 0 atom stereocenters. The van der Waals surface area contributed by atoms with Crippen LogP contribution in [0, 0.1) is 5.82 Å². The highest BCUT2D eigenvalue weighted by Gasteiger charge is 2.15. The molecule has 0 fully saturated rings. The molecule has 0 saturated carbocycles. The fourth-order valence-corrected chi connectivity index (χ4v) is 2.83. The molecule has 0 radical (unpaired) electrons. The average molecular weight is 352 g/mol. The SMILES string of the molecule is CN/N=C(/c1cccc(-c2ccc(F)cc2-c2nncn2C)c1)N(C)C. The zero-order chi connectivity index (χ0) is 18.7. The van der Waals surface area contributed by atoms with Gasteiger partial charge in [-0.3, -0.25) is 0 Å². The number of nitrogens with one attached hydrogen (secondary N) is 1. The summed E-state index contributed by atoms with van der Waals surface area (Å²) < 4.78 is 15.7. The van der Waals surface area contributed by atoms with Crippen molar-refractivity contribution in [3.05, 3.63) is 60.2 Å². The topological polar surface area (TPSA) is 58.3 Å². The molecule has 0 amide bonds. The van der Waals surface area contributed by atoms with Crippen LogP contribution in [0.1, 0.15) is 5.56 Å². The van der Waals surface area contributed by atoms with Gasteiger partial charge in [-0.15, -0.1) is 10.2 Å². The van der Waals surface area contributed by atoms with Gasteiger partial charge in [0.2, 0.25) is 0 Å². The molecule has 3 aromatic rings. The highest BCUT2D eigenvalue weighted by atomic mass is 19.1. The Morgan fingerprint density at radius 3 is 2.62 bits per heavy atom. The lowest BCUT2D eigenvalue weighted by Gasteiger charge is -2.17. The van der Waals surface area contributed by atoms with E-state index in [2.05, 4.69) is 20.7 Å². The van der Waals surface area contributed by atoms with Crippen LogP contribution in [0.4, 0.5) is 4.39 Å². The molecule has 6 nitrogen and oxygen atoms in total. The Labute approximate surface area is 152 Å². The lowest BCUT2D eigenvalue weighted by Crippen LogP contribution is -2.25. The Morgan fingerprint density at radius 1 is 1.15 bits per heavy atom. The van der Waals surface area contributed by atoms with Crippen LogP contribution in [-0.2, 0) is 7.05 Å². The summed E-state index contributed by atoms with van der Waals surface area (Å²) >= 11 is 0. The van der Waals surface area contributed by atoms with E-state index >= 15 is 0 Å². The number of hydrazone groups is 1. The number of amidine groups is 1. The van der Waals surface area contributed by atoms with Crippen molar-refractivity contribution in [2.24, 2.45) is 12.1 Å². The van der Waals surface area contributed by atoms with Crippen molar-refractivity contribution in [1.82, 2.24) is 25.1 Å². The van der Waals surface area contributed by atoms with Gasteiger partial charge < -0.3 is 14.9 Å². The average Bonchev–Trinajstić information content (AvgIpc) is 3.05. The van der Waals surface area contributed by atoms with Crippen molar-refractivity contribution in [3.63, 3.8) is 0 Å². The minimum Gasteiger partial charge on any atom is -0.361 e. The number of halogens is 1. The first-order valence-electron chi connectivity index (χ1n) is 8.17. The van der Waals surface area contributed by atoms with Crippen molar-refractivity contribution in [2.45, 2.75) is 0 Å². The zero-order valence-electron chi connectivity index (χ0n) is 15.2. The number of nitrogens with zero attached hydrogens (tertiary/aromatic N) is 5. The molecule has 0 aliphatic carbocycles. The predicted molar refractivity (Wildman–Crippen MR) is 101 cm³/mol. The lowest BCUT2D eigenvalue weighted by molar-refractivity contribution is 0.613. The highest BCUT2D eigenvalue weighted by molar-refractivity contribution is 5.99. The first-order chi connectivity index (χ1) is 12.5. The Hall–Kier alpha value is -3.22. The number of rotatable bonds is 4. The van der Waals surface area contributed by atoms with Crippen molar-refractivity contribution in [3.8, 4) is 22.5 Å². The smallest absolute Gasteiger partial charge is 0.164 e. The van der Waals surface area contributed by atoms with Crippen molar-refractivity contribution in [1.29, 1.82) is 0 Å². The third kappa shape index (κ3) is 3.42. The Morgan fingerprint density at radius 2 is 1.96 bits per heavy atom. The minimum absolute atomic E-state index is 0.311. The second kappa shape index (κ2) is 7.35.